The Balaban J connectivity index is 2.22. The van der Waals surface area contributed by atoms with Crippen LogP contribution in [0.1, 0.15) is 27.7 Å². The van der Waals surface area contributed by atoms with Gasteiger partial charge in [0.15, 0.2) is 0 Å². The van der Waals surface area contributed by atoms with E-state index in [1.54, 1.807) is 24.3 Å². The fraction of sp³-hybridized carbons (Fsp3) is 0.200. The van der Waals surface area contributed by atoms with E-state index >= 15 is 0 Å². The SMILES string of the molecule is COc1ccc(Br)c(C(=O)N[C@H](CC(=O)O)c2cccs2)c1. The predicted octanol–water partition coefficient (Wildman–Crippen LogP) is 3.47. The van der Waals surface area contributed by atoms with Crippen molar-refractivity contribution in [1.82, 2.24) is 5.32 Å². The number of carbonyl (C=O) groups is 2. The second kappa shape index (κ2) is 7.42. The van der Waals surface area contributed by atoms with Gasteiger partial charge < -0.3 is 15.2 Å². The molecule has 22 heavy (non-hydrogen) atoms. The number of benzene rings is 1. The summed E-state index contributed by atoms with van der Waals surface area (Å²) in [6.07, 6.45) is -0.173. The van der Waals surface area contributed by atoms with Gasteiger partial charge in [0.1, 0.15) is 5.75 Å². The van der Waals surface area contributed by atoms with Crippen LogP contribution < -0.4 is 10.1 Å². The molecule has 1 aromatic carbocycles. The zero-order valence-electron chi connectivity index (χ0n) is 11.7. The van der Waals surface area contributed by atoms with Crippen molar-refractivity contribution >= 4 is 39.1 Å². The minimum absolute atomic E-state index is 0.173. The van der Waals surface area contributed by atoms with Crippen LogP contribution in [0.5, 0.6) is 5.75 Å². The lowest BCUT2D eigenvalue weighted by Crippen LogP contribution is -2.30. The summed E-state index contributed by atoms with van der Waals surface area (Å²) < 4.78 is 5.73. The molecule has 0 unspecified atom stereocenters. The molecule has 0 spiro atoms. The highest BCUT2D eigenvalue weighted by atomic mass is 79.9. The zero-order valence-corrected chi connectivity index (χ0v) is 14.1. The van der Waals surface area contributed by atoms with Crippen molar-refractivity contribution in [1.29, 1.82) is 0 Å². The average molecular weight is 384 g/mol. The molecule has 1 heterocycles. The predicted molar refractivity (Wildman–Crippen MR) is 87.5 cm³/mol. The second-order valence-electron chi connectivity index (χ2n) is 4.49. The number of carbonyl (C=O) groups excluding carboxylic acids is 1. The maximum atomic E-state index is 12.4. The lowest BCUT2D eigenvalue weighted by atomic mass is 10.1. The van der Waals surface area contributed by atoms with Crippen LogP contribution in [-0.2, 0) is 4.79 Å². The highest BCUT2D eigenvalue weighted by Gasteiger charge is 2.21. The van der Waals surface area contributed by atoms with Gasteiger partial charge in [0, 0.05) is 9.35 Å². The third-order valence-corrected chi connectivity index (χ3v) is 4.67. The van der Waals surface area contributed by atoms with Crippen LogP contribution in [-0.4, -0.2) is 24.1 Å². The number of halogens is 1. The molecule has 0 saturated carbocycles. The number of nitrogens with one attached hydrogen (secondary N) is 1. The van der Waals surface area contributed by atoms with Gasteiger partial charge in [-0.15, -0.1) is 11.3 Å². The highest BCUT2D eigenvalue weighted by Crippen LogP contribution is 2.26. The second-order valence-corrected chi connectivity index (χ2v) is 6.32. The van der Waals surface area contributed by atoms with E-state index in [-0.39, 0.29) is 12.3 Å². The third-order valence-electron chi connectivity index (χ3n) is 2.99. The van der Waals surface area contributed by atoms with Crippen molar-refractivity contribution in [2.75, 3.05) is 7.11 Å². The van der Waals surface area contributed by atoms with Crippen LogP contribution in [0, 0.1) is 0 Å². The minimum atomic E-state index is -0.969. The molecule has 0 aliphatic carbocycles. The molecule has 1 atom stereocenters. The molecule has 0 aliphatic rings. The van der Waals surface area contributed by atoms with Crippen molar-refractivity contribution in [2.45, 2.75) is 12.5 Å². The van der Waals surface area contributed by atoms with Gasteiger partial charge in [-0.05, 0) is 45.6 Å². The summed E-state index contributed by atoms with van der Waals surface area (Å²) >= 11 is 4.73. The molecule has 0 fully saturated rings. The standard InChI is InChI=1S/C15H14BrNO4S/c1-21-9-4-5-11(16)10(7-9)15(20)17-12(8-14(18)19)13-3-2-6-22-13/h2-7,12H,8H2,1H3,(H,17,20)(H,18,19)/t12-/m1/s1. The minimum Gasteiger partial charge on any atom is -0.497 e. The Hall–Kier alpha value is -1.86. The number of ether oxygens (including phenoxy) is 1. The summed E-state index contributed by atoms with van der Waals surface area (Å²) in [4.78, 5) is 24.3. The Bertz CT molecular complexity index is 672. The molecule has 0 radical (unpaired) electrons. The van der Waals surface area contributed by atoms with Crippen LogP contribution in [0.15, 0.2) is 40.2 Å². The van der Waals surface area contributed by atoms with Gasteiger partial charge in [0.2, 0.25) is 0 Å². The van der Waals surface area contributed by atoms with Crippen LogP contribution in [0.4, 0.5) is 0 Å². The van der Waals surface area contributed by atoms with Crippen molar-refractivity contribution in [3.63, 3.8) is 0 Å². The molecule has 2 N–H and O–H groups in total. The van der Waals surface area contributed by atoms with E-state index in [4.69, 9.17) is 9.84 Å². The number of thiophene rings is 1. The maximum Gasteiger partial charge on any atom is 0.305 e. The Morgan fingerprint density at radius 2 is 2.18 bits per heavy atom. The van der Waals surface area contributed by atoms with Gasteiger partial charge in [0.05, 0.1) is 25.1 Å². The summed E-state index contributed by atoms with van der Waals surface area (Å²) in [6, 6.07) is 8.11. The third kappa shape index (κ3) is 4.08. The first-order valence-electron chi connectivity index (χ1n) is 6.41. The van der Waals surface area contributed by atoms with E-state index in [1.165, 1.54) is 18.4 Å². The highest BCUT2D eigenvalue weighted by molar-refractivity contribution is 9.10. The van der Waals surface area contributed by atoms with Gasteiger partial charge in [-0.25, -0.2) is 0 Å². The van der Waals surface area contributed by atoms with E-state index in [9.17, 15) is 9.59 Å². The number of carboxylic acid groups (broad SMARTS) is 1. The first kappa shape index (κ1) is 16.5. The summed E-state index contributed by atoms with van der Waals surface area (Å²) in [5, 5.41) is 13.6. The normalized spacial score (nSPS) is 11.7. The molecule has 0 aliphatic heterocycles. The fourth-order valence-corrected chi connectivity index (χ4v) is 3.13. The average Bonchev–Trinajstić information content (AvgIpc) is 3.00. The monoisotopic (exact) mass is 383 g/mol. The topological polar surface area (TPSA) is 75.6 Å². The lowest BCUT2D eigenvalue weighted by Gasteiger charge is -2.16. The zero-order chi connectivity index (χ0) is 16.1. The van der Waals surface area contributed by atoms with E-state index in [2.05, 4.69) is 21.2 Å². The number of rotatable bonds is 6. The molecule has 5 nitrogen and oxygen atoms in total. The molecule has 7 heteroatoms. The van der Waals surface area contributed by atoms with Gasteiger partial charge in [-0.3, -0.25) is 9.59 Å². The largest absolute Gasteiger partial charge is 0.497 e. The molecular weight excluding hydrogens is 370 g/mol. The van der Waals surface area contributed by atoms with Crippen LogP contribution in [0.2, 0.25) is 0 Å². The van der Waals surface area contributed by atoms with E-state index in [1.807, 2.05) is 11.4 Å². The smallest absolute Gasteiger partial charge is 0.305 e. The molecule has 1 aromatic heterocycles. The lowest BCUT2D eigenvalue weighted by molar-refractivity contribution is -0.137. The first-order valence-corrected chi connectivity index (χ1v) is 8.08. The molecule has 1 amide bonds. The summed E-state index contributed by atoms with van der Waals surface area (Å²) in [5.41, 5.74) is 0.395. The number of methoxy groups -OCH3 is 1. The number of carboxylic acids is 1. The molecular formula is C15H14BrNO4S. The fourth-order valence-electron chi connectivity index (χ4n) is 1.93. The van der Waals surface area contributed by atoms with Crippen molar-refractivity contribution in [2.24, 2.45) is 0 Å². The quantitative estimate of drug-likeness (QED) is 0.800. The summed E-state index contributed by atoms with van der Waals surface area (Å²) in [5.74, 6) is -0.770. The van der Waals surface area contributed by atoms with Gasteiger partial charge in [-0.1, -0.05) is 6.07 Å². The van der Waals surface area contributed by atoms with Crippen LogP contribution in [0.25, 0.3) is 0 Å². The summed E-state index contributed by atoms with van der Waals surface area (Å²) in [6.45, 7) is 0. The van der Waals surface area contributed by atoms with Gasteiger partial charge >= 0.3 is 5.97 Å². The Kier molecular flexibility index (Phi) is 5.57. The van der Waals surface area contributed by atoms with Gasteiger partial charge in [0.25, 0.3) is 5.91 Å². The van der Waals surface area contributed by atoms with Crippen LogP contribution in [0.3, 0.4) is 0 Å². The number of amides is 1. The van der Waals surface area contributed by atoms with E-state index < -0.39 is 12.0 Å². The van der Waals surface area contributed by atoms with Crippen molar-refractivity contribution in [3.05, 3.63) is 50.6 Å². The molecule has 2 aromatic rings. The van der Waals surface area contributed by atoms with Crippen molar-refractivity contribution in [3.8, 4) is 5.75 Å². The number of hydrogen-bond donors (Lipinski definition) is 2. The number of aliphatic carboxylic acids is 1. The Morgan fingerprint density at radius 3 is 2.77 bits per heavy atom. The van der Waals surface area contributed by atoms with E-state index in [0.717, 1.165) is 4.88 Å². The first-order chi connectivity index (χ1) is 10.5. The number of hydrogen-bond acceptors (Lipinski definition) is 4. The Labute approximate surface area is 140 Å². The summed E-state index contributed by atoms with van der Waals surface area (Å²) in [7, 11) is 1.52. The van der Waals surface area contributed by atoms with E-state index in [0.29, 0.717) is 15.8 Å². The molecule has 2 rings (SSSR count). The van der Waals surface area contributed by atoms with Crippen LogP contribution >= 0.6 is 27.3 Å². The van der Waals surface area contributed by atoms with Gasteiger partial charge in [-0.2, -0.15) is 0 Å². The maximum absolute atomic E-state index is 12.4. The molecule has 0 bridgehead atoms. The molecule has 0 saturated heterocycles. The van der Waals surface area contributed by atoms with Crippen molar-refractivity contribution < 1.29 is 19.4 Å². The Morgan fingerprint density at radius 1 is 1.41 bits per heavy atom. The molecule has 116 valence electrons.